The van der Waals surface area contributed by atoms with Gasteiger partial charge in [0, 0.05) is 11.6 Å². The summed E-state index contributed by atoms with van der Waals surface area (Å²) in [5.74, 6) is 1.09. The van der Waals surface area contributed by atoms with Crippen LogP contribution in [0, 0.1) is 0 Å². The zero-order valence-corrected chi connectivity index (χ0v) is 13.3. The smallest absolute Gasteiger partial charge is 0.279 e. The summed E-state index contributed by atoms with van der Waals surface area (Å²) < 4.78 is 6.03. The molecule has 8 heteroatoms. The molecular formula is C14H12N4O2S2. The van der Waals surface area contributed by atoms with E-state index in [9.17, 15) is 4.79 Å². The molecule has 0 bridgehead atoms. The van der Waals surface area contributed by atoms with Crippen molar-refractivity contribution in [1.29, 1.82) is 0 Å². The normalized spacial score (nSPS) is 10.6. The maximum absolute atomic E-state index is 12.1. The van der Waals surface area contributed by atoms with Gasteiger partial charge in [-0.1, -0.05) is 65.5 Å². The largest absolute Gasteiger partial charge is 0.355 e. The lowest BCUT2D eigenvalue weighted by atomic mass is 10.1. The van der Waals surface area contributed by atoms with E-state index >= 15 is 0 Å². The third-order valence-electron chi connectivity index (χ3n) is 2.70. The first-order chi connectivity index (χ1) is 10.8. The van der Waals surface area contributed by atoms with Gasteiger partial charge in [0.25, 0.3) is 5.91 Å². The van der Waals surface area contributed by atoms with Crippen LogP contribution in [-0.2, 0) is 0 Å². The van der Waals surface area contributed by atoms with Crippen LogP contribution < -0.4 is 5.32 Å². The van der Waals surface area contributed by atoms with Crippen molar-refractivity contribution < 1.29 is 9.32 Å². The van der Waals surface area contributed by atoms with Crippen molar-refractivity contribution in [2.75, 3.05) is 11.1 Å². The average Bonchev–Trinajstić information content (AvgIpc) is 3.18. The lowest BCUT2D eigenvalue weighted by Crippen LogP contribution is -2.11. The molecule has 0 atom stereocenters. The first-order valence-electron chi connectivity index (χ1n) is 6.56. The van der Waals surface area contributed by atoms with Crippen molar-refractivity contribution in [2.45, 2.75) is 11.3 Å². The number of thioether (sulfide) groups is 1. The minimum Gasteiger partial charge on any atom is -0.355 e. The quantitative estimate of drug-likeness (QED) is 0.568. The Morgan fingerprint density at radius 3 is 2.91 bits per heavy atom. The van der Waals surface area contributed by atoms with Crippen LogP contribution in [0.2, 0.25) is 0 Å². The van der Waals surface area contributed by atoms with Gasteiger partial charge in [-0.2, -0.15) is 0 Å². The number of nitrogens with zero attached hydrogens (tertiary/aromatic N) is 3. The first kappa shape index (κ1) is 14.7. The summed E-state index contributed by atoms with van der Waals surface area (Å²) in [6, 6.07) is 11.1. The fourth-order valence-corrected chi connectivity index (χ4v) is 3.37. The second kappa shape index (κ2) is 6.71. The first-order valence-corrected chi connectivity index (χ1v) is 8.36. The highest BCUT2D eigenvalue weighted by atomic mass is 32.2. The fraction of sp³-hybridized carbons (Fsp3) is 0.143. The zero-order valence-electron chi connectivity index (χ0n) is 11.6. The lowest BCUT2D eigenvalue weighted by molar-refractivity contribution is 0.101. The minimum absolute atomic E-state index is 0.207. The van der Waals surface area contributed by atoms with E-state index < -0.39 is 0 Å². The zero-order chi connectivity index (χ0) is 15.4. The highest BCUT2D eigenvalue weighted by Crippen LogP contribution is 2.25. The highest BCUT2D eigenvalue weighted by Gasteiger charge is 2.15. The van der Waals surface area contributed by atoms with Gasteiger partial charge in [0.2, 0.25) is 5.13 Å². The third kappa shape index (κ3) is 3.34. The molecule has 3 aromatic rings. The molecule has 0 saturated carbocycles. The van der Waals surface area contributed by atoms with Crippen molar-refractivity contribution in [2.24, 2.45) is 0 Å². The van der Waals surface area contributed by atoms with E-state index in [1.54, 1.807) is 17.8 Å². The predicted molar refractivity (Wildman–Crippen MR) is 86.2 cm³/mol. The molecule has 22 heavy (non-hydrogen) atoms. The molecule has 1 amide bonds. The number of benzene rings is 1. The molecule has 0 aliphatic heterocycles. The molecule has 0 spiro atoms. The Kier molecular flexibility index (Phi) is 4.50. The number of aromatic nitrogens is 3. The molecular weight excluding hydrogens is 320 g/mol. The maximum Gasteiger partial charge on any atom is 0.279 e. The molecule has 112 valence electrons. The Bertz CT molecular complexity index is 770. The van der Waals surface area contributed by atoms with Gasteiger partial charge in [-0.15, -0.1) is 10.2 Å². The molecule has 0 saturated heterocycles. The number of carbonyl (C=O) groups excluding carboxylic acids is 1. The summed E-state index contributed by atoms with van der Waals surface area (Å²) in [7, 11) is 0. The van der Waals surface area contributed by atoms with Crippen molar-refractivity contribution in [3.8, 4) is 11.3 Å². The van der Waals surface area contributed by atoms with E-state index in [0.717, 1.165) is 15.7 Å². The fourth-order valence-electron chi connectivity index (χ4n) is 1.72. The van der Waals surface area contributed by atoms with Gasteiger partial charge < -0.3 is 4.52 Å². The number of hydrogen-bond donors (Lipinski definition) is 1. The number of carbonyl (C=O) groups is 1. The molecule has 1 N–H and O–H groups in total. The second-order valence-corrected chi connectivity index (χ2v) is 6.69. The molecule has 1 aromatic carbocycles. The van der Waals surface area contributed by atoms with Gasteiger partial charge in [-0.05, 0) is 5.75 Å². The van der Waals surface area contributed by atoms with Gasteiger partial charge >= 0.3 is 0 Å². The minimum atomic E-state index is -0.366. The molecule has 0 radical (unpaired) electrons. The molecule has 3 rings (SSSR count). The summed E-state index contributed by atoms with van der Waals surface area (Å²) in [5, 5.41) is 14.8. The van der Waals surface area contributed by atoms with E-state index in [1.807, 2.05) is 37.3 Å². The summed E-state index contributed by atoms with van der Waals surface area (Å²) in [4.78, 5) is 12.1. The van der Waals surface area contributed by atoms with Crippen LogP contribution in [0.3, 0.4) is 0 Å². The number of amides is 1. The SMILES string of the molecule is CCSc1nnc(NC(=O)c2cc(-c3ccccc3)on2)s1. The van der Waals surface area contributed by atoms with Gasteiger partial charge in [0.05, 0.1) is 0 Å². The van der Waals surface area contributed by atoms with Crippen molar-refractivity contribution >= 4 is 34.1 Å². The second-order valence-electron chi connectivity index (χ2n) is 4.20. The van der Waals surface area contributed by atoms with Crippen molar-refractivity contribution in [3.63, 3.8) is 0 Å². The summed E-state index contributed by atoms with van der Waals surface area (Å²) in [5.41, 5.74) is 1.07. The monoisotopic (exact) mass is 332 g/mol. The van der Waals surface area contributed by atoms with Crippen LogP contribution in [0.25, 0.3) is 11.3 Å². The van der Waals surface area contributed by atoms with Gasteiger partial charge in [0.15, 0.2) is 15.8 Å². The number of hydrogen-bond acceptors (Lipinski definition) is 7. The third-order valence-corrected chi connectivity index (χ3v) is 4.55. The number of anilines is 1. The molecule has 0 aliphatic rings. The van der Waals surface area contributed by atoms with Crippen LogP contribution in [0.1, 0.15) is 17.4 Å². The Morgan fingerprint density at radius 1 is 1.32 bits per heavy atom. The molecule has 0 aliphatic carbocycles. The predicted octanol–water partition coefficient (Wildman–Crippen LogP) is 3.56. The maximum atomic E-state index is 12.1. The Hall–Kier alpha value is -2.19. The standard InChI is InChI=1S/C14H12N4O2S2/c1-2-21-14-17-16-13(22-14)15-12(19)10-8-11(20-18-10)9-6-4-3-5-7-9/h3-8H,2H2,1H3,(H,15,16,19). The Morgan fingerprint density at radius 2 is 2.14 bits per heavy atom. The molecule has 0 unspecified atom stereocenters. The molecule has 6 nitrogen and oxygen atoms in total. The molecule has 2 aromatic heterocycles. The van der Waals surface area contributed by atoms with Gasteiger partial charge in [0.1, 0.15) is 0 Å². The van der Waals surface area contributed by atoms with Crippen molar-refractivity contribution in [1.82, 2.24) is 15.4 Å². The van der Waals surface area contributed by atoms with Crippen LogP contribution in [0.4, 0.5) is 5.13 Å². The van der Waals surface area contributed by atoms with E-state index in [4.69, 9.17) is 4.52 Å². The summed E-state index contributed by atoms with van der Waals surface area (Å²) in [6.07, 6.45) is 0. The van der Waals surface area contributed by atoms with E-state index in [1.165, 1.54) is 11.3 Å². The average molecular weight is 332 g/mol. The van der Waals surface area contributed by atoms with Crippen molar-refractivity contribution in [3.05, 3.63) is 42.1 Å². The summed E-state index contributed by atoms with van der Waals surface area (Å²) >= 11 is 2.91. The van der Waals surface area contributed by atoms with E-state index in [2.05, 4.69) is 20.7 Å². The highest BCUT2D eigenvalue weighted by molar-refractivity contribution is 8.01. The van der Waals surface area contributed by atoms with E-state index in [-0.39, 0.29) is 11.6 Å². The topological polar surface area (TPSA) is 80.9 Å². The number of nitrogens with one attached hydrogen (secondary N) is 1. The number of rotatable bonds is 5. The Balaban J connectivity index is 1.71. The van der Waals surface area contributed by atoms with Crippen LogP contribution in [0.5, 0.6) is 0 Å². The van der Waals surface area contributed by atoms with Gasteiger partial charge in [-0.25, -0.2) is 0 Å². The van der Waals surface area contributed by atoms with Gasteiger partial charge in [-0.3, -0.25) is 10.1 Å². The van der Waals surface area contributed by atoms with Crippen LogP contribution in [0.15, 0.2) is 45.3 Å². The van der Waals surface area contributed by atoms with Crippen LogP contribution in [-0.4, -0.2) is 27.0 Å². The molecule has 2 heterocycles. The molecule has 0 fully saturated rings. The van der Waals surface area contributed by atoms with E-state index in [0.29, 0.717) is 10.9 Å². The lowest BCUT2D eigenvalue weighted by Gasteiger charge is -1.94. The Labute approximate surface area is 134 Å². The van der Waals surface area contributed by atoms with Crippen LogP contribution >= 0.6 is 23.1 Å². The summed E-state index contributed by atoms with van der Waals surface area (Å²) in [6.45, 7) is 2.03.